The number of hydrogen-bond donors (Lipinski definition) is 2. The van der Waals surface area contributed by atoms with Crippen molar-refractivity contribution in [2.75, 3.05) is 79.0 Å². The largest absolute Gasteiger partial charge is 0.377 e. The summed E-state index contributed by atoms with van der Waals surface area (Å²) in [5.74, 6) is -0.925. The molecule has 1 heterocycles. The van der Waals surface area contributed by atoms with Crippen molar-refractivity contribution in [1.29, 1.82) is 0 Å². The second-order valence-corrected chi connectivity index (χ2v) is 17.1. The number of carbonyl (C=O) groups excluding carboxylic acids is 2. The van der Waals surface area contributed by atoms with Crippen LogP contribution in [0.4, 0.5) is 0 Å². The minimum atomic E-state index is -4.07. The smallest absolute Gasteiger partial charge is 0.245 e. The van der Waals surface area contributed by atoms with Crippen molar-refractivity contribution in [3.63, 3.8) is 0 Å². The summed E-state index contributed by atoms with van der Waals surface area (Å²) in [6, 6.07) is 27.7. The van der Waals surface area contributed by atoms with Gasteiger partial charge in [-0.2, -0.15) is 9.44 Å². The molecule has 1 fully saturated rings. The molecule has 4 aromatic carbocycles. The van der Waals surface area contributed by atoms with E-state index in [4.69, 9.17) is 18.9 Å². The number of nitrogens with one attached hydrogen (secondary N) is 2. The molecule has 312 valence electrons. The first-order chi connectivity index (χ1) is 27.9. The quantitative estimate of drug-likeness (QED) is 0.240. The van der Waals surface area contributed by atoms with Crippen LogP contribution in [0.15, 0.2) is 119 Å². The van der Waals surface area contributed by atoms with E-state index in [1.807, 2.05) is 13.8 Å². The Balaban J connectivity index is 1.23. The SMILES string of the molecule is Cc1ccc(S(=O)(=O)N[C@H](C(=O)N2CCOCCOCCN(C(=O)[C@H](NS(=O)(=O)c3ccc(C)cc3)c3ccccc3)CCOCCOCC2)c2ccccc2)cc1. The second kappa shape index (κ2) is 22.0. The maximum absolute atomic E-state index is 14.1. The molecule has 2 N–H and O–H groups in total. The molecule has 58 heavy (non-hydrogen) atoms. The van der Waals surface area contributed by atoms with Crippen molar-refractivity contribution < 1.29 is 45.4 Å². The van der Waals surface area contributed by atoms with Gasteiger partial charge in [-0.1, -0.05) is 96.1 Å². The highest BCUT2D eigenvalue weighted by Crippen LogP contribution is 2.22. The molecule has 14 nitrogen and oxygen atoms in total. The van der Waals surface area contributed by atoms with Crippen molar-refractivity contribution in [3.05, 3.63) is 131 Å². The van der Waals surface area contributed by atoms with Crippen LogP contribution in [0.1, 0.15) is 34.3 Å². The lowest BCUT2D eigenvalue weighted by Gasteiger charge is -2.29. The average molecular weight is 837 g/mol. The molecule has 0 bridgehead atoms. The van der Waals surface area contributed by atoms with E-state index in [9.17, 15) is 26.4 Å². The Morgan fingerprint density at radius 3 is 1.05 bits per heavy atom. The van der Waals surface area contributed by atoms with Gasteiger partial charge in [0.15, 0.2) is 0 Å². The van der Waals surface area contributed by atoms with Gasteiger partial charge in [-0.25, -0.2) is 16.8 Å². The van der Waals surface area contributed by atoms with Crippen LogP contribution in [0.3, 0.4) is 0 Å². The molecule has 2 amide bonds. The summed E-state index contributed by atoms with van der Waals surface area (Å²) >= 11 is 0. The number of ether oxygens (including phenoxy) is 4. The summed E-state index contributed by atoms with van der Waals surface area (Å²) in [7, 11) is -8.14. The molecule has 2 atom stereocenters. The van der Waals surface area contributed by atoms with Crippen LogP contribution in [-0.2, 0) is 48.6 Å². The second-order valence-electron chi connectivity index (χ2n) is 13.7. The van der Waals surface area contributed by atoms with Crippen molar-refractivity contribution in [2.45, 2.75) is 35.7 Å². The zero-order chi connectivity index (χ0) is 41.4. The van der Waals surface area contributed by atoms with Gasteiger partial charge < -0.3 is 28.7 Å². The van der Waals surface area contributed by atoms with Gasteiger partial charge >= 0.3 is 0 Å². The van der Waals surface area contributed by atoms with E-state index in [0.29, 0.717) is 11.1 Å². The minimum absolute atomic E-state index is 0.0458. The van der Waals surface area contributed by atoms with E-state index in [1.165, 1.54) is 34.1 Å². The number of nitrogens with zero attached hydrogens (tertiary/aromatic N) is 2. The molecule has 16 heteroatoms. The first-order valence-corrected chi connectivity index (χ1v) is 22.1. The number of hydrogen-bond acceptors (Lipinski definition) is 10. The van der Waals surface area contributed by atoms with Gasteiger partial charge in [0.2, 0.25) is 31.9 Å². The van der Waals surface area contributed by atoms with Gasteiger partial charge in [-0.15, -0.1) is 0 Å². The van der Waals surface area contributed by atoms with Gasteiger partial charge in [0.05, 0.1) is 62.6 Å². The monoisotopic (exact) mass is 836 g/mol. The van der Waals surface area contributed by atoms with Crippen molar-refractivity contribution in [1.82, 2.24) is 19.2 Å². The van der Waals surface area contributed by atoms with E-state index in [2.05, 4.69) is 9.44 Å². The Morgan fingerprint density at radius 2 is 0.759 bits per heavy atom. The summed E-state index contributed by atoms with van der Waals surface area (Å²) < 4.78 is 82.4. The summed E-state index contributed by atoms with van der Waals surface area (Å²) in [6.07, 6.45) is 0. The summed E-state index contributed by atoms with van der Waals surface area (Å²) in [4.78, 5) is 31.4. The molecule has 0 saturated carbocycles. The Morgan fingerprint density at radius 1 is 0.466 bits per heavy atom. The van der Waals surface area contributed by atoms with Crippen LogP contribution in [0.2, 0.25) is 0 Å². The van der Waals surface area contributed by atoms with Gasteiger partial charge in [0.1, 0.15) is 12.1 Å². The summed E-state index contributed by atoms with van der Waals surface area (Å²) in [5, 5.41) is 0. The lowest BCUT2D eigenvalue weighted by atomic mass is 10.1. The topological polar surface area (TPSA) is 170 Å². The predicted octanol–water partition coefficient (Wildman–Crippen LogP) is 3.78. The van der Waals surface area contributed by atoms with E-state index in [0.717, 1.165) is 11.1 Å². The van der Waals surface area contributed by atoms with Crippen molar-refractivity contribution in [2.24, 2.45) is 0 Å². The van der Waals surface area contributed by atoms with Gasteiger partial charge in [0.25, 0.3) is 0 Å². The summed E-state index contributed by atoms with van der Waals surface area (Å²) in [5.41, 5.74) is 2.77. The fraction of sp³-hybridized carbons (Fsp3) is 0.381. The average Bonchev–Trinajstić information content (AvgIpc) is 3.22. The van der Waals surface area contributed by atoms with Gasteiger partial charge in [-0.3, -0.25) is 9.59 Å². The van der Waals surface area contributed by atoms with E-state index in [-0.39, 0.29) is 88.8 Å². The maximum atomic E-state index is 14.1. The first kappa shape index (κ1) is 44.6. The van der Waals surface area contributed by atoms with Crippen LogP contribution in [0.5, 0.6) is 0 Å². The molecule has 0 aliphatic carbocycles. The van der Waals surface area contributed by atoms with Crippen LogP contribution < -0.4 is 9.44 Å². The standard InChI is InChI=1S/C42H52N4O10S2/c1-33-13-17-37(18-14-33)57(49,50)43-39(35-9-5-3-6-10-35)41(47)45-21-25-53-29-31-55-27-23-46(24-28-56-32-30-54-26-22-45)42(48)40(36-11-7-4-8-12-36)44-58(51,52)38-19-15-34(2)16-20-38/h3-20,39-40,43-44H,21-32H2,1-2H3/t39-,40+. The maximum Gasteiger partial charge on any atom is 0.245 e. The number of carbonyl (C=O) groups is 2. The van der Waals surface area contributed by atoms with Gasteiger partial charge in [0, 0.05) is 26.2 Å². The Kier molecular flexibility index (Phi) is 16.9. The van der Waals surface area contributed by atoms with Crippen LogP contribution in [0.25, 0.3) is 0 Å². The third-order valence-corrected chi connectivity index (χ3v) is 12.2. The van der Waals surface area contributed by atoms with E-state index >= 15 is 0 Å². The predicted molar refractivity (Wildman–Crippen MR) is 218 cm³/mol. The van der Waals surface area contributed by atoms with Crippen molar-refractivity contribution >= 4 is 31.9 Å². The molecule has 0 radical (unpaired) electrons. The third-order valence-electron chi connectivity index (χ3n) is 9.36. The molecule has 5 rings (SSSR count). The number of amides is 2. The summed E-state index contributed by atoms with van der Waals surface area (Å²) in [6.45, 7) is 5.57. The zero-order valence-corrected chi connectivity index (χ0v) is 34.5. The molecule has 4 aromatic rings. The lowest BCUT2D eigenvalue weighted by Crippen LogP contribution is -2.45. The highest BCUT2D eigenvalue weighted by atomic mass is 32.2. The third kappa shape index (κ3) is 13.3. The lowest BCUT2D eigenvalue weighted by molar-refractivity contribution is -0.136. The fourth-order valence-electron chi connectivity index (χ4n) is 6.07. The normalized spacial score (nSPS) is 17.1. The molecule has 1 aliphatic heterocycles. The Labute approximate surface area is 341 Å². The van der Waals surface area contributed by atoms with Crippen molar-refractivity contribution in [3.8, 4) is 0 Å². The highest BCUT2D eigenvalue weighted by molar-refractivity contribution is 7.89. The Bertz CT molecular complexity index is 1930. The zero-order valence-electron chi connectivity index (χ0n) is 32.8. The molecule has 0 unspecified atom stereocenters. The highest BCUT2D eigenvalue weighted by Gasteiger charge is 2.32. The molecular weight excluding hydrogens is 785 g/mol. The fourth-order valence-corrected chi connectivity index (χ4v) is 8.42. The van der Waals surface area contributed by atoms with Crippen LogP contribution in [0, 0.1) is 13.8 Å². The van der Waals surface area contributed by atoms with Crippen LogP contribution >= 0.6 is 0 Å². The molecule has 1 aliphatic rings. The number of aryl methyl sites for hydroxylation is 2. The Hall–Kier alpha value is -4.52. The first-order valence-electron chi connectivity index (χ1n) is 19.1. The van der Waals surface area contributed by atoms with Gasteiger partial charge in [-0.05, 0) is 49.2 Å². The van der Waals surface area contributed by atoms with Crippen LogP contribution in [-0.4, -0.2) is 117 Å². The molecule has 1 saturated heterocycles. The molecule has 0 spiro atoms. The number of benzene rings is 4. The van der Waals surface area contributed by atoms with E-state index < -0.39 is 43.9 Å². The molecular formula is C42H52N4O10S2. The minimum Gasteiger partial charge on any atom is -0.377 e. The molecule has 0 aromatic heterocycles. The number of rotatable bonds is 10. The number of sulfonamides is 2. The van der Waals surface area contributed by atoms with E-state index in [1.54, 1.807) is 84.9 Å².